The number of hydrogen-bond acceptors (Lipinski definition) is 4. The molecule has 130 valence electrons. The number of carbonyl (C=O) groups is 2. The molecule has 3 heterocycles. The number of halogens is 1. The molecule has 0 aromatic carbocycles. The van der Waals surface area contributed by atoms with Crippen LogP contribution in [0.5, 0.6) is 0 Å². The van der Waals surface area contributed by atoms with Crippen LogP contribution < -0.4 is 4.90 Å². The summed E-state index contributed by atoms with van der Waals surface area (Å²) in [6, 6.07) is 3.37. The van der Waals surface area contributed by atoms with E-state index in [1.807, 2.05) is 4.90 Å². The second kappa shape index (κ2) is 7.38. The fraction of sp³-hybridized carbons (Fsp3) is 0.588. The monoisotopic (exact) mass is 351 g/mol. The normalized spacial score (nSPS) is 19.1. The lowest BCUT2D eigenvalue weighted by molar-refractivity contribution is -0.127. The summed E-state index contributed by atoms with van der Waals surface area (Å²) in [7, 11) is 0. The Morgan fingerprint density at radius 3 is 2.67 bits per heavy atom. The number of carboxylic acid groups (broad SMARTS) is 1. The summed E-state index contributed by atoms with van der Waals surface area (Å²) in [6.07, 6.45) is 4.81. The minimum atomic E-state index is -1.10. The van der Waals surface area contributed by atoms with Crippen molar-refractivity contribution in [2.75, 3.05) is 31.1 Å². The Balaban J connectivity index is 1.52. The zero-order chi connectivity index (χ0) is 17.1. The Bertz CT molecular complexity index is 630. The van der Waals surface area contributed by atoms with Gasteiger partial charge in [0.25, 0.3) is 0 Å². The van der Waals surface area contributed by atoms with E-state index in [-0.39, 0.29) is 10.7 Å². The highest BCUT2D eigenvalue weighted by Crippen LogP contribution is 2.26. The van der Waals surface area contributed by atoms with E-state index in [0.717, 1.165) is 51.9 Å². The van der Waals surface area contributed by atoms with Crippen molar-refractivity contribution in [3.63, 3.8) is 0 Å². The molecule has 0 atom stereocenters. The topological polar surface area (TPSA) is 73.7 Å². The fourth-order valence-electron chi connectivity index (χ4n) is 3.49. The third-order valence-electron chi connectivity index (χ3n) is 4.95. The van der Waals surface area contributed by atoms with Gasteiger partial charge in [0.05, 0.1) is 5.02 Å². The van der Waals surface area contributed by atoms with Gasteiger partial charge in [-0.3, -0.25) is 4.79 Å². The third kappa shape index (κ3) is 3.80. The third-order valence-corrected chi connectivity index (χ3v) is 5.26. The average molecular weight is 352 g/mol. The van der Waals surface area contributed by atoms with Crippen LogP contribution >= 0.6 is 11.6 Å². The smallest absolute Gasteiger partial charge is 0.356 e. The largest absolute Gasteiger partial charge is 0.476 e. The number of pyridine rings is 1. The summed E-state index contributed by atoms with van der Waals surface area (Å²) < 4.78 is 0. The molecule has 2 aliphatic heterocycles. The molecule has 1 aromatic heterocycles. The van der Waals surface area contributed by atoms with Crippen LogP contribution in [0, 0.1) is 5.92 Å². The van der Waals surface area contributed by atoms with Crippen LogP contribution in [0.2, 0.25) is 5.02 Å². The van der Waals surface area contributed by atoms with Crippen molar-refractivity contribution >= 4 is 29.3 Å². The lowest BCUT2D eigenvalue weighted by Crippen LogP contribution is -2.36. The van der Waals surface area contributed by atoms with Crippen molar-refractivity contribution in [3.05, 3.63) is 22.8 Å². The van der Waals surface area contributed by atoms with E-state index < -0.39 is 5.97 Å². The van der Waals surface area contributed by atoms with Gasteiger partial charge in [0, 0.05) is 32.6 Å². The molecule has 0 radical (unpaired) electrons. The summed E-state index contributed by atoms with van der Waals surface area (Å²) in [4.78, 5) is 31.1. The summed E-state index contributed by atoms with van der Waals surface area (Å²) in [6.45, 7) is 3.48. The van der Waals surface area contributed by atoms with Gasteiger partial charge < -0.3 is 14.9 Å². The molecule has 6 nitrogen and oxygen atoms in total. The molecule has 2 aliphatic rings. The van der Waals surface area contributed by atoms with E-state index in [4.69, 9.17) is 16.7 Å². The predicted molar refractivity (Wildman–Crippen MR) is 91.6 cm³/mol. The highest BCUT2D eigenvalue weighted by Gasteiger charge is 2.24. The van der Waals surface area contributed by atoms with Crippen LogP contribution in [0.25, 0.3) is 0 Å². The Labute approximate surface area is 146 Å². The summed E-state index contributed by atoms with van der Waals surface area (Å²) in [5.74, 6) is 0.469. The van der Waals surface area contributed by atoms with Crippen LogP contribution in [-0.2, 0) is 4.79 Å². The minimum absolute atomic E-state index is 0.0937. The number of piperidine rings is 1. The molecule has 0 saturated carbocycles. The van der Waals surface area contributed by atoms with Crippen molar-refractivity contribution < 1.29 is 14.7 Å². The first-order valence-corrected chi connectivity index (χ1v) is 8.85. The Kier molecular flexibility index (Phi) is 5.23. The van der Waals surface area contributed by atoms with Crippen LogP contribution in [0.4, 0.5) is 5.82 Å². The molecule has 2 fully saturated rings. The van der Waals surface area contributed by atoms with Gasteiger partial charge >= 0.3 is 5.97 Å². The van der Waals surface area contributed by atoms with Crippen molar-refractivity contribution in [2.24, 2.45) is 5.92 Å². The number of likely N-dealkylation sites (tertiary alicyclic amines) is 1. The number of nitrogens with zero attached hydrogens (tertiary/aromatic N) is 3. The molecule has 0 spiro atoms. The summed E-state index contributed by atoms with van der Waals surface area (Å²) >= 11 is 5.87. The molecule has 1 N–H and O–H groups in total. The maximum Gasteiger partial charge on any atom is 0.356 e. The van der Waals surface area contributed by atoms with Crippen LogP contribution in [0.15, 0.2) is 12.1 Å². The van der Waals surface area contributed by atoms with Gasteiger partial charge in [0.15, 0.2) is 5.69 Å². The summed E-state index contributed by atoms with van der Waals surface area (Å²) in [5, 5.41) is 9.29. The minimum Gasteiger partial charge on any atom is -0.476 e. The molecule has 2 saturated heterocycles. The first-order valence-electron chi connectivity index (χ1n) is 8.47. The van der Waals surface area contributed by atoms with Gasteiger partial charge in [-0.2, -0.15) is 0 Å². The van der Waals surface area contributed by atoms with Crippen LogP contribution in [0.3, 0.4) is 0 Å². The molecule has 24 heavy (non-hydrogen) atoms. The Morgan fingerprint density at radius 1 is 1.29 bits per heavy atom. The lowest BCUT2D eigenvalue weighted by Gasteiger charge is -2.33. The highest BCUT2D eigenvalue weighted by atomic mass is 35.5. The van der Waals surface area contributed by atoms with Gasteiger partial charge in [-0.15, -0.1) is 0 Å². The molecule has 3 rings (SSSR count). The fourth-order valence-corrected chi connectivity index (χ4v) is 3.67. The number of hydrogen-bond donors (Lipinski definition) is 1. The second-order valence-electron chi connectivity index (χ2n) is 6.51. The molecule has 1 aromatic rings. The maximum atomic E-state index is 11.6. The summed E-state index contributed by atoms with van der Waals surface area (Å²) in [5.41, 5.74) is -0.0937. The Hall–Kier alpha value is -1.82. The maximum absolute atomic E-state index is 11.6. The standard InChI is InChI=1S/C17H22ClN3O3/c18-13-3-4-14(19-16(13)17(23)24)20-9-5-12(6-10-20)7-11-21-8-1-2-15(21)22/h3-4,12H,1-2,5-11H2,(H,23,24). The first-order chi connectivity index (χ1) is 11.5. The quantitative estimate of drug-likeness (QED) is 0.882. The second-order valence-corrected chi connectivity index (χ2v) is 6.92. The molecular formula is C17H22ClN3O3. The number of aromatic nitrogens is 1. The van der Waals surface area contributed by atoms with Gasteiger partial charge in [-0.1, -0.05) is 11.6 Å². The van der Waals surface area contributed by atoms with E-state index in [1.54, 1.807) is 12.1 Å². The van der Waals surface area contributed by atoms with Crippen molar-refractivity contribution in [2.45, 2.75) is 32.1 Å². The van der Waals surface area contributed by atoms with E-state index in [1.165, 1.54) is 0 Å². The zero-order valence-electron chi connectivity index (χ0n) is 13.6. The van der Waals surface area contributed by atoms with E-state index >= 15 is 0 Å². The van der Waals surface area contributed by atoms with Gasteiger partial charge in [0.2, 0.25) is 5.91 Å². The van der Waals surface area contributed by atoms with Gasteiger partial charge in [-0.25, -0.2) is 9.78 Å². The van der Waals surface area contributed by atoms with E-state index in [9.17, 15) is 9.59 Å². The van der Waals surface area contributed by atoms with Crippen molar-refractivity contribution in [1.82, 2.24) is 9.88 Å². The SMILES string of the molecule is O=C(O)c1nc(N2CCC(CCN3CCCC3=O)CC2)ccc1Cl. The van der Waals surface area contributed by atoms with E-state index in [2.05, 4.69) is 9.88 Å². The van der Waals surface area contributed by atoms with Crippen molar-refractivity contribution in [3.8, 4) is 0 Å². The lowest BCUT2D eigenvalue weighted by atomic mass is 9.93. The number of anilines is 1. The highest BCUT2D eigenvalue weighted by molar-refractivity contribution is 6.33. The Morgan fingerprint density at radius 2 is 2.04 bits per heavy atom. The molecule has 0 unspecified atom stereocenters. The van der Waals surface area contributed by atoms with Gasteiger partial charge in [0.1, 0.15) is 5.82 Å². The molecule has 1 amide bonds. The predicted octanol–water partition coefficient (Wildman–Crippen LogP) is 2.66. The number of amides is 1. The van der Waals surface area contributed by atoms with Crippen LogP contribution in [-0.4, -0.2) is 53.0 Å². The molecular weight excluding hydrogens is 330 g/mol. The average Bonchev–Trinajstić information content (AvgIpc) is 2.99. The van der Waals surface area contributed by atoms with E-state index in [0.29, 0.717) is 24.1 Å². The number of carboxylic acids is 1. The van der Waals surface area contributed by atoms with Gasteiger partial charge in [-0.05, 0) is 43.7 Å². The van der Waals surface area contributed by atoms with Crippen molar-refractivity contribution in [1.29, 1.82) is 0 Å². The molecule has 7 heteroatoms. The number of carbonyl (C=O) groups excluding carboxylic acids is 1. The molecule has 0 bridgehead atoms. The van der Waals surface area contributed by atoms with Crippen LogP contribution in [0.1, 0.15) is 42.6 Å². The number of rotatable bonds is 5. The molecule has 0 aliphatic carbocycles. The first kappa shape index (κ1) is 17.0. The zero-order valence-corrected chi connectivity index (χ0v) is 14.3. The number of aromatic carboxylic acids is 1.